The molecule has 0 fully saturated rings. The molecule has 0 radical (unpaired) electrons. The van der Waals surface area contributed by atoms with Gasteiger partial charge in [-0.05, 0) is 30.2 Å². The van der Waals surface area contributed by atoms with Crippen LogP contribution in [0.3, 0.4) is 0 Å². The van der Waals surface area contributed by atoms with Crippen LogP contribution in [0.15, 0.2) is 96.6 Å². The molecular weight excluding hydrogens is 310 g/mol. The fourth-order valence-corrected chi connectivity index (χ4v) is 3.06. The predicted octanol–water partition coefficient (Wildman–Crippen LogP) is 3.35. The smallest absolute Gasteiger partial charge is 0.268 e. The minimum atomic E-state index is -0.417. The van der Waals surface area contributed by atoms with Gasteiger partial charge >= 0.3 is 0 Å². The van der Waals surface area contributed by atoms with Gasteiger partial charge in [0.1, 0.15) is 0 Å². The van der Waals surface area contributed by atoms with E-state index in [1.165, 1.54) is 10.7 Å². The average molecular weight is 331 g/mol. The van der Waals surface area contributed by atoms with E-state index in [4.69, 9.17) is 0 Å². The molecule has 0 saturated carbocycles. The van der Waals surface area contributed by atoms with E-state index in [1.54, 1.807) is 18.5 Å². The first-order valence-electron chi connectivity index (χ1n) is 8.26. The van der Waals surface area contributed by atoms with E-state index < -0.39 is 5.41 Å². The monoisotopic (exact) mass is 331 g/mol. The first-order valence-corrected chi connectivity index (χ1v) is 8.26. The van der Waals surface area contributed by atoms with Crippen molar-refractivity contribution in [2.45, 2.75) is 11.8 Å². The maximum absolute atomic E-state index is 12.0. The topological polar surface area (TPSA) is 46.9 Å². The van der Waals surface area contributed by atoms with Crippen molar-refractivity contribution in [3.05, 3.63) is 113 Å². The van der Waals surface area contributed by atoms with E-state index in [-0.39, 0.29) is 5.56 Å². The third-order valence-electron chi connectivity index (χ3n) is 4.35. The van der Waals surface area contributed by atoms with Gasteiger partial charge in [-0.3, -0.25) is 9.78 Å². The first kappa shape index (κ1) is 16.7. The molecule has 0 amide bonds. The average Bonchev–Trinajstić information content (AvgIpc) is 2.68. The van der Waals surface area contributed by atoms with Crippen LogP contribution >= 0.6 is 0 Å². The second-order valence-corrected chi connectivity index (χ2v) is 5.90. The maximum atomic E-state index is 12.0. The van der Waals surface area contributed by atoms with Crippen molar-refractivity contribution in [2.24, 2.45) is 0 Å². The van der Waals surface area contributed by atoms with Gasteiger partial charge in [0.25, 0.3) is 5.56 Å². The molecule has 0 aliphatic heterocycles. The Morgan fingerprint density at radius 1 is 1.04 bits per heavy atom. The van der Waals surface area contributed by atoms with Crippen LogP contribution in [0, 0.1) is 0 Å². The lowest BCUT2D eigenvalue weighted by Gasteiger charge is -2.34. The van der Waals surface area contributed by atoms with Gasteiger partial charge in [-0.1, -0.05) is 48.5 Å². The molecule has 0 bridgehead atoms. The molecule has 1 N–H and O–H groups in total. The summed E-state index contributed by atoms with van der Waals surface area (Å²) in [6, 6.07) is 21.2. The minimum Gasteiger partial charge on any atom is -0.322 e. The number of aromatic nitrogens is 2. The minimum absolute atomic E-state index is 0.0934. The van der Waals surface area contributed by atoms with E-state index in [0.29, 0.717) is 13.0 Å². The maximum Gasteiger partial charge on any atom is 0.268 e. The number of hydrogen-bond acceptors (Lipinski definition) is 3. The highest BCUT2D eigenvalue weighted by Gasteiger charge is 2.34. The lowest BCUT2D eigenvalue weighted by molar-refractivity contribution is 0.509. The molecule has 4 nitrogen and oxygen atoms in total. The van der Waals surface area contributed by atoms with Gasteiger partial charge in [-0.2, -0.15) is 0 Å². The fourth-order valence-electron chi connectivity index (χ4n) is 3.06. The normalized spacial score (nSPS) is 13.0. The summed E-state index contributed by atoms with van der Waals surface area (Å²) in [4.78, 5) is 16.6. The number of nitrogens with one attached hydrogen (secondary N) is 1. The van der Waals surface area contributed by atoms with Crippen LogP contribution in [-0.2, 0) is 5.41 Å². The van der Waals surface area contributed by atoms with Gasteiger partial charge in [0.05, 0.1) is 11.1 Å². The second-order valence-electron chi connectivity index (χ2n) is 5.90. The highest BCUT2D eigenvalue weighted by Crippen LogP contribution is 2.34. The van der Waals surface area contributed by atoms with Crippen molar-refractivity contribution < 1.29 is 0 Å². The molecule has 0 aliphatic rings. The highest BCUT2D eigenvalue weighted by molar-refractivity contribution is 5.38. The van der Waals surface area contributed by atoms with Crippen molar-refractivity contribution >= 4 is 0 Å². The summed E-state index contributed by atoms with van der Waals surface area (Å²) >= 11 is 0. The lowest BCUT2D eigenvalue weighted by Crippen LogP contribution is -2.41. The molecule has 3 rings (SSSR count). The zero-order valence-corrected chi connectivity index (χ0v) is 14.0. The highest BCUT2D eigenvalue weighted by atomic mass is 16.1. The number of hydrogen-bond donors (Lipinski definition) is 1. The molecule has 2 aromatic heterocycles. The second kappa shape index (κ2) is 7.62. The summed E-state index contributed by atoms with van der Waals surface area (Å²) < 4.78 is 1.50. The number of pyridine rings is 2. The van der Waals surface area contributed by atoms with Crippen molar-refractivity contribution in [3.63, 3.8) is 0 Å². The number of allylic oxidation sites excluding steroid dienone is 1. The van der Waals surface area contributed by atoms with E-state index in [9.17, 15) is 4.79 Å². The van der Waals surface area contributed by atoms with Crippen LogP contribution in [0.25, 0.3) is 0 Å². The predicted molar refractivity (Wildman–Crippen MR) is 101 cm³/mol. The number of benzene rings is 1. The summed E-state index contributed by atoms with van der Waals surface area (Å²) in [5.41, 5.74) is 4.81. The third kappa shape index (κ3) is 3.53. The Morgan fingerprint density at radius 2 is 1.80 bits per heavy atom. The summed E-state index contributed by atoms with van der Waals surface area (Å²) in [7, 11) is 0. The van der Waals surface area contributed by atoms with Crippen LogP contribution in [0.4, 0.5) is 0 Å². The molecule has 25 heavy (non-hydrogen) atoms. The summed E-state index contributed by atoms with van der Waals surface area (Å²) in [5, 5.41) is 0. The van der Waals surface area contributed by atoms with Crippen molar-refractivity contribution in [1.29, 1.82) is 0 Å². The SMILES string of the molecule is C=CCC(CNn1ccccc1=O)(c1ccccc1)c1ccccn1. The molecule has 126 valence electrons. The molecule has 1 aromatic carbocycles. The van der Waals surface area contributed by atoms with E-state index in [0.717, 1.165) is 11.3 Å². The van der Waals surface area contributed by atoms with Gasteiger partial charge in [0.15, 0.2) is 0 Å². The third-order valence-corrected chi connectivity index (χ3v) is 4.35. The Hall–Kier alpha value is -3.14. The van der Waals surface area contributed by atoms with Crippen molar-refractivity contribution in [1.82, 2.24) is 9.66 Å². The summed E-state index contributed by atoms with van der Waals surface area (Å²) in [6.07, 6.45) is 6.12. The molecule has 2 heterocycles. The van der Waals surface area contributed by atoms with E-state index >= 15 is 0 Å². The zero-order chi connectivity index (χ0) is 17.5. The summed E-state index contributed by atoms with van der Waals surface area (Å²) in [5.74, 6) is 0. The molecule has 4 heteroatoms. The van der Waals surface area contributed by atoms with Crippen LogP contribution in [0.2, 0.25) is 0 Å². The standard InChI is InChI=1S/C21H21N3O/c1-2-14-21(18-10-4-3-5-11-18,19-12-6-8-15-22-19)17-23-24-16-9-7-13-20(24)25/h2-13,15-16,23H,1,14,17H2. The van der Waals surface area contributed by atoms with E-state index in [1.807, 2.05) is 48.5 Å². The van der Waals surface area contributed by atoms with Gasteiger partial charge in [0, 0.05) is 25.0 Å². The zero-order valence-electron chi connectivity index (χ0n) is 14.0. The Bertz CT molecular complexity index is 833. The molecule has 3 aromatic rings. The van der Waals surface area contributed by atoms with Crippen LogP contribution < -0.4 is 11.0 Å². The van der Waals surface area contributed by atoms with Crippen LogP contribution in [0.1, 0.15) is 17.7 Å². The van der Waals surface area contributed by atoms with Crippen molar-refractivity contribution in [2.75, 3.05) is 12.0 Å². The Morgan fingerprint density at radius 3 is 2.48 bits per heavy atom. The van der Waals surface area contributed by atoms with Gasteiger partial charge in [0.2, 0.25) is 0 Å². The molecule has 1 unspecified atom stereocenters. The Labute approximate surface area is 147 Å². The van der Waals surface area contributed by atoms with Gasteiger partial charge in [-0.15, -0.1) is 6.58 Å². The molecular formula is C21H21N3O. The largest absolute Gasteiger partial charge is 0.322 e. The molecule has 1 atom stereocenters. The Kier molecular flexibility index (Phi) is 5.09. The first-order chi connectivity index (χ1) is 12.3. The van der Waals surface area contributed by atoms with Crippen LogP contribution in [0.5, 0.6) is 0 Å². The lowest BCUT2D eigenvalue weighted by atomic mass is 9.74. The molecule has 0 aliphatic carbocycles. The van der Waals surface area contributed by atoms with Gasteiger partial charge in [-0.25, -0.2) is 4.68 Å². The van der Waals surface area contributed by atoms with E-state index in [2.05, 4.69) is 29.1 Å². The van der Waals surface area contributed by atoms with Crippen LogP contribution in [-0.4, -0.2) is 16.2 Å². The number of rotatable bonds is 7. The van der Waals surface area contributed by atoms with Crippen molar-refractivity contribution in [3.8, 4) is 0 Å². The molecule has 0 spiro atoms. The quantitative estimate of drug-likeness (QED) is 0.675. The molecule has 0 saturated heterocycles. The number of nitrogens with zero attached hydrogens (tertiary/aromatic N) is 2. The van der Waals surface area contributed by atoms with Gasteiger partial charge < -0.3 is 5.43 Å². The summed E-state index contributed by atoms with van der Waals surface area (Å²) in [6.45, 7) is 4.46. The Balaban J connectivity index is 2.06. The fraction of sp³-hybridized carbons (Fsp3) is 0.143.